The van der Waals surface area contributed by atoms with Crippen molar-refractivity contribution in [1.82, 2.24) is 19.9 Å². The van der Waals surface area contributed by atoms with E-state index in [1.165, 1.54) is 0 Å². The highest BCUT2D eigenvalue weighted by molar-refractivity contribution is 5.80. The first-order chi connectivity index (χ1) is 15.7. The van der Waals surface area contributed by atoms with Gasteiger partial charge in [0.2, 0.25) is 5.95 Å². The van der Waals surface area contributed by atoms with Gasteiger partial charge in [0, 0.05) is 43.0 Å². The number of piperidine rings is 1. The molecule has 0 bridgehead atoms. The van der Waals surface area contributed by atoms with Crippen LogP contribution in [0.3, 0.4) is 0 Å². The number of nitrogens with one attached hydrogen (secondary N) is 1. The fourth-order valence-electron chi connectivity index (χ4n) is 4.71. The summed E-state index contributed by atoms with van der Waals surface area (Å²) >= 11 is 0. The predicted molar refractivity (Wildman–Crippen MR) is 125 cm³/mol. The van der Waals surface area contributed by atoms with Crippen molar-refractivity contribution >= 4 is 16.9 Å². The van der Waals surface area contributed by atoms with Gasteiger partial charge in [0.05, 0.1) is 17.3 Å². The van der Waals surface area contributed by atoms with Crippen LogP contribution in [0.25, 0.3) is 10.9 Å². The molecule has 7 nitrogen and oxygen atoms in total. The average Bonchev–Trinajstić information content (AvgIpc) is 2.81. The third kappa shape index (κ3) is 5.34. The summed E-state index contributed by atoms with van der Waals surface area (Å²) in [5, 5.41) is 14.1. The summed E-state index contributed by atoms with van der Waals surface area (Å²) in [4.78, 5) is 16.1. The van der Waals surface area contributed by atoms with Crippen LogP contribution in [-0.4, -0.2) is 56.3 Å². The minimum atomic E-state index is -0.162. The van der Waals surface area contributed by atoms with Crippen molar-refractivity contribution in [2.24, 2.45) is 0 Å². The van der Waals surface area contributed by atoms with Gasteiger partial charge >= 0.3 is 0 Å². The van der Waals surface area contributed by atoms with Crippen LogP contribution in [0, 0.1) is 0 Å². The molecule has 2 fully saturated rings. The molecule has 168 valence electrons. The maximum atomic E-state index is 9.71. The molecular formula is C25H31N5O2. The largest absolute Gasteiger partial charge is 0.489 e. The molecule has 1 saturated carbocycles. The monoisotopic (exact) mass is 433 g/mol. The molecule has 0 amide bonds. The van der Waals surface area contributed by atoms with E-state index >= 15 is 0 Å². The molecule has 2 aromatic heterocycles. The lowest BCUT2D eigenvalue weighted by atomic mass is 9.93. The van der Waals surface area contributed by atoms with Crippen LogP contribution < -0.4 is 10.1 Å². The van der Waals surface area contributed by atoms with Gasteiger partial charge in [-0.25, -0.2) is 9.97 Å². The molecule has 1 atom stereocenters. The third-order valence-corrected chi connectivity index (χ3v) is 6.46. The Morgan fingerprint density at radius 3 is 2.81 bits per heavy atom. The first-order valence-corrected chi connectivity index (χ1v) is 11.7. The molecule has 1 aliphatic heterocycles. The number of pyridine rings is 1. The zero-order valence-corrected chi connectivity index (χ0v) is 18.4. The van der Waals surface area contributed by atoms with Gasteiger partial charge in [0.1, 0.15) is 11.9 Å². The van der Waals surface area contributed by atoms with E-state index in [0.29, 0.717) is 12.0 Å². The number of fused-ring (bicyclic) bond motifs is 1. The summed E-state index contributed by atoms with van der Waals surface area (Å²) in [5.74, 6) is 1.50. The zero-order chi connectivity index (χ0) is 21.8. The highest BCUT2D eigenvalue weighted by Gasteiger charge is 2.22. The van der Waals surface area contributed by atoms with Gasteiger partial charge in [0.25, 0.3) is 0 Å². The number of aliphatic hydroxyl groups excluding tert-OH is 1. The SMILES string of the molecule is OC1CCC(Nc2ncc3ccc(OC4CCCN(Cc5ccccn5)C4)cc3n2)CC1. The molecule has 1 unspecified atom stereocenters. The molecule has 3 aromatic rings. The molecule has 0 radical (unpaired) electrons. The predicted octanol–water partition coefficient (Wildman–Crippen LogP) is 3.78. The van der Waals surface area contributed by atoms with Gasteiger partial charge in [-0.15, -0.1) is 0 Å². The van der Waals surface area contributed by atoms with Crippen molar-refractivity contribution < 1.29 is 9.84 Å². The van der Waals surface area contributed by atoms with Crippen LogP contribution in [0.15, 0.2) is 48.8 Å². The molecule has 32 heavy (non-hydrogen) atoms. The van der Waals surface area contributed by atoms with Crippen LogP contribution in [-0.2, 0) is 6.54 Å². The molecule has 7 heteroatoms. The van der Waals surface area contributed by atoms with Gasteiger partial charge in [-0.3, -0.25) is 9.88 Å². The molecule has 3 heterocycles. The Kier molecular flexibility index (Phi) is 6.46. The second-order valence-corrected chi connectivity index (χ2v) is 9.00. The zero-order valence-electron chi connectivity index (χ0n) is 18.4. The second-order valence-electron chi connectivity index (χ2n) is 9.00. The fraction of sp³-hybridized carbons (Fsp3) is 0.480. The number of benzene rings is 1. The van der Waals surface area contributed by atoms with Gasteiger partial charge in [-0.05, 0) is 69.3 Å². The van der Waals surface area contributed by atoms with Crippen LogP contribution in [0.4, 0.5) is 5.95 Å². The van der Waals surface area contributed by atoms with Crippen molar-refractivity contribution in [2.75, 3.05) is 18.4 Å². The van der Waals surface area contributed by atoms with E-state index in [4.69, 9.17) is 9.72 Å². The summed E-state index contributed by atoms with van der Waals surface area (Å²) in [6.07, 6.45) is 9.46. The number of rotatable bonds is 6. The molecular weight excluding hydrogens is 402 g/mol. The van der Waals surface area contributed by atoms with Crippen LogP contribution in [0.1, 0.15) is 44.2 Å². The van der Waals surface area contributed by atoms with E-state index in [1.807, 2.05) is 42.7 Å². The number of anilines is 1. The minimum Gasteiger partial charge on any atom is -0.489 e. The van der Waals surface area contributed by atoms with Gasteiger partial charge < -0.3 is 15.2 Å². The highest BCUT2D eigenvalue weighted by atomic mass is 16.5. The summed E-state index contributed by atoms with van der Waals surface area (Å²) in [5.41, 5.74) is 1.99. The number of nitrogens with zero attached hydrogens (tertiary/aromatic N) is 4. The normalized spacial score (nSPS) is 24.3. The van der Waals surface area contributed by atoms with E-state index in [-0.39, 0.29) is 12.2 Å². The number of ether oxygens (including phenoxy) is 1. The van der Waals surface area contributed by atoms with E-state index < -0.39 is 0 Å². The molecule has 1 saturated heterocycles. The second kappa shape index (κ2) is 9.79. The lowest BCUT2D eigenvalue weighted by molar-refractivity contribution is 0.0837. The number of hydrogen-bond donors (Lipinski definition) is 2. The molecule has 2 aliphatic rings. The molecule has 5 rings (SSSR count). The van der Waals surface area contributed by atoms with Crippen LogP contribution in [0.5, 0.6) is 5.75 Å². The number of hydrogen-bond acceptors (Lipinski definition) is 7. The van der Waals surface area contributed by atoms with Crippen LogP contribution >= 0.6 is 0 Å². The first-order valence-electron chi connectivity index (χ1n) is 11.7. The molecule has 1 aromatic carbocycles. The molecule has 2 N–H and O–H groups in total. The fourth-order valence-corrected chi connectivity index (χ4v) is 4.71. The maximum absolute atomic E-state index is 9.71. The van der Waals surface area contributed by atoms with Crippen molar-refractivity contribution in [1.29, 1.82) is 0 Å². The minimum absolute atomic E-state index is 0.162. The van der Waals surface area contributed by atoms with Crippen molar-refractivity contribution in [3.63, 3.8) is 0 Å². The van der Waals surface area contributed by atoms with E-state index in [0.717, 1.165) is 80.5 Å². The Morgan fingerprint density at radius 2 is 1.97 bits per heavy atom. The number of likely N-dealkylation sites (tertiary alicyclic amines) is 1. The van der Waals surface area contributed by atoms with E-state index in [1.54, 1.807) is 0 Å². The standard InChI is InChI=1S/C25H31N5O2/c31-21-9-7-19(8-10-21)28-25-27-15-18-6-11-22(14-24(18)29-25)32-23-5-3-13-30(17-23)16-20-4-1-2-12-26-20/h1-2,4,6,11-12,14-15,19,21,23,31H,3,5,7-10,13,16-17H2,(H,27,28,29). The Hall–Kier alpha value is -2.77. The number of aromatic nitrogens is 3. The quantitative estimate of drug-likeness (QED) is 0.612. The first kappa shape index (κ1) is 21.1. The molecule has 0 spiro atoms. The van der Waals surface area contributed by atoms with Gasteiger partial charge in [-0.1, -0.05) is 6.07 Å². The van der Waals surface area contributed by atoms with Crippen molar-refractivity contribution in [2.45, 2.75) is 63.3 Å². The lowest BCUT2D eigenvalue weighted by Crippen LogP contribution is -2.40. The number of aliphatic hydroxyl groups is 1. The van der Waals surface area contributed by atoms with Crippen molar-refractivity contribution in [3.05, 3.63) is 54.5 Å². The molecule has 1 aliphatic carbocycles. The lowest BCUT2D eigenvalue weighted by Gasteiger charge is -2.32. The third-order valence-electron chi connectivity index (χ3n) is 6.46. The highest BCUT2D eigenvalue weighted by Crippen LogP contribution is 2.25. The van der Waals surface area contributed by atoms with Gasteiger partial charge in [-0.2, -0.15) is 0 Å². The van der Waals surface area contributed by atoms with E-state index in [9.17, 15) is 5.11 Å². The Balaban J connectivity index is 1.23. The Labute approximate surface area is 188 Å². The van der Waals surface area contributed by atoms with Crippen molar-refractivity contribution in [3.8, 4) is 5.75 Å². The summed E-state index contributed by atoms with van der Waals surface area (Å²) < 4.78 is 6.36. The van der Waals surface area contributed by atoms with Crippen LogP contribution in [0.2, 0.25) is 0 Å². The average molecular weight is 434 g/mol. The topological polar surface area (TPSA) is 83.4 Å². The summed E-state index contributed by atoms with van der Waals surface area (Å²) in [6, 6.07) is 12.5. The summed E-state index contributed by atoms with van der Waals surface area (Å²) in [6.45, 7) is 2.84. The Bertz CT molecular complexity index is 1020. The maximum Gasteiger partial charge on any atom is 0.223 e. The summed E-state index contributed by atoms with van der Waals surface area (Å²) in [7, 11) is 0. The Morgan fingerprint density at radius 1 is 1.06 bits per heavy atom. The smallest absolute Gasteiger partial charge is 0.223 e. The van der Waals surface area contributed by atoms with Gasteiger partial charge in [0.15, 0.2) is 0 Å². The van der Waals surface area contributed by atoms with E-state index in [2.05, 4.69) is 26.3 Å².